The van der Waals surface area contributed by atoms with E-state index >= 15 is 0 Å². The summed E-state index contributed by atoms with van der Waals surface area (Å²) in [6.45, 7) is 0.674. The van der Waals surface area contributed by atoms with Crippen molar-refractivity contribution in [2.75, 3.05) is 13.7 Å². The average Bonchev–Trinajstić information content (AvgIpc) is 3.30. The third-order valence-electron chi connectivity index (χ3n) is 4.30. The van der Waals surface area contributed by atoms with Crippen LogP contribution in [0.4, 0.5) is 0 Å². The highest BCUT2D eigenvalue weighted by molar-refractivity contribution is 6.26. The molecule has 128 valence electrons. The minimum Gasteiger partial charge on any atom is -0.465 e. The summed E-state index contributed by atoms with van der Waals surface area (Å²) >= 11 is 0. The van der Waals surface area contributed by atoms with Crippen molar-refractivity contribution in [3.63, 3.8) is 0 Å². The van der Waals surface area contributed by atoms with E-state index in [-0.39, 0.29) is 17.2 Å². The summed E-state index contributed by atoms with van der Waals surface area (Å²) in [5.74, 6) is -0.357. The molecule has 0 radical (unpaired) electrons. The van der Waals surface area contributed by atoms with E-state index in [1.807, 2.05) is 12.1 Å². The molecule has 1 fully saturated rings. The number of hydrogen-bond donors (Lipinski definition) is 2. The predicted molar refractivity (Wildman–Crippen MR) is 89.9 cm³/mol. The molecule has 25 heavy (non-hydrogen) atoms. The average molecular weight is 339 g/mol. The van der Waals surface area contributed by atoms with Crippen LogP contribution >= 0.6 is 0 Å². The van der Waals surface area contributed by atoms with Crippen molar-refractivity contribution >= 4 is 28.9 Å². The minimum absolute atomic E-state index is 0.0865. The van der Waals surface area contributed by atoms with E-state index in [9.17, 15) is 9.59 Å². The second-order valence-corrected chi connectivity index (χ2v) is 6.10. The highest BCUT2D eigenvalue weighted by Crippen LogP contribution is 2.31. The number of pyridine rings is 1. The first-order valence-electron chi connectivity index (χ1n) is 8.10. The molecule has 0 aromatic carbocycles. The summed E-state index contributed by atoms with van der Waals surface area (Å²) in [5, 5.41) is 3.93. The highest BCUT2D eigenvalue weighted by atomic mass is 16.5. The van der Waals surface area contributed by atoms with E-state index in [0.717, 1.165) is 23.8 Å². The van der Waals surface area contributed by atoms with Crippen LogP contribution in [0.2, 0.25) is 0 Å². The first-order valence-corrected chi connectivity index (χ1v) is 8.10. The molecule has 1 aliphatic heterocycles. The monoisotopic (exact) mass is 339 g/mol. The Labute approximate surface area is 143 Å². The van der Waals surface area contributed by atoms with E-state index in [1.54, 1.807) is 18.5 Å². The van der Waals surface area contributed by atoms with E-state index in [2.05, 4.69) is 15.3 Å². The number of carbonyl (C=O) groups excluding carboxylic acids is 2. The molecule has 3 heterocycles. The van der Waals surface area contributed by atoms with Crippen LogP contribution in [0, 0.1) is 5.92 Å². The number of ketones is 1. The smallest absolute Gasteiger partial charge is 0.347 e. The number of Topliss-reactive ketones (excluding diaryl/α,β-unsaturated/α-hetero) is 1. The molecule has 2 N–H and O–H groups in total. The Kier molecular flexibility index (Phi) is 3.76. The molecule has 2 aromatic rings. The molecule has 7 heteroatoms. The Morgan fingerprint density at radius 3 is 3.12 bits per heavy atom. The first-order chi connectivity index (χ1) is 12.2. The maximum atomic E-state index is 12.6. The second-order valence-electron chi connectivity index (χ2n) is 6.10. The number of fused-ring (bicyclic) bond motifs is 1. The van der Waals surface area contributed by atoms with Crippen LogP contribution < -0.4 is 5.32 Å². The molecule has 0 atom stereocenters. The Morgan fingerprint density at radius 1 is 1.52 bits per heavy atom. The zero-order valence-electron chi connectivity index (χ0n) is 13.7. The quantitative estimate of drug-likeness (QED) is 0.491. The van der Waals surface area contributed by atoms with Gasteiger partial charge in [0.05, 0.1) is 7.11 Å². The predicted octanol–water partition coefficient (Wildman–Crippen LogP) is 1.89. The molecule has 4 rings (SSSR count). The van der Waals surface area contributed by atoms with Gasteiger partial charge in [0.2, 0.25) is 11.7 Å². The number of aromatic nitrogens is 2. The molecule has 0 unspecified atom stereocenters. The van der Waals surface area contributed by atoms with E-state index in [0.29, 0.717) is 18.1 Å². The van der Waals surface area contributed by atoms with Gasteiger partial charge in [0.25, 0.3) is 0 Å². The molecule has 7 nitrogen and oxygen atoms in total. The third kappa shape index (κ3) is 2.88. The number of hydrogen-bond acceptors (Lipinski definition) is 6. The fraction of sp³-hybridized carbons (Fsp3) is 0.278. The van der Waals surface area contributed by atoms with Gasteiger partial charge < -0.3 is 19.8 Å². The van der Waals surface area contributed by atoms with Crippen LogP contribution in [0.5, 0.6) is 0 Å². The summed E-state index contributed by atoms with van der Waals surface area (Å²) < 4.78 is 10.4. The lowest BCUT2D eigenvalue weighted by Crippen LogP contribution is -2.21. The van der Waals surface area contributed by atoms with Gasteiger partial charge in [0, 0.05) is 29.9 Å². The summed E-state index contributed by atoms with van der Waals surface area (Å²) in [6, 6.07) is 3.71. The summed E-state index contributed by atoms with van der Waals surface area (Å²) in [4.78, 5) is 31.9. The molecule has 0 bridgehead atoms. The van der Waals surface area contributed by atoms with Crippen molar-refractivity contribution in [1.29, 1.82) is 0 Å². The maximum Gasteiger partial charge on any atom is 0.347 e. The lowest BCUT2D eigenvalue weighted by molar-refractivity contribution is -0.137. The largest absolute Gasteiger partial charge is 0.465 e. The van der Waals surface area contributed by atoms with E-state index < -0.39 is 11.8 Å². The van der Waals surface area contributed by atoms with Crippen molar-refractivity contribution in [3.05, 3.63) is 47.3 Å². The fourth-order valence-corrected chi connectivity index (χ4v) is 2.74. The summed E-state index contributed by atoms with van der Waals surface area (Å²) in [5.41, 5.74) is 1.39. The number of nitrogens with zero attached hydrogens (tertiary/aromatic N) is 1. The number of rotatable bonds is 5. The van der Waals surface area contributed by atoms with E-state index in [1.165, 1.54) is 7.11 Å². The van der Waals surface area contributed by atoms with Crippen LogP contribution in [0.25, 0.3) is 17.1 Å². The normalized spacial score (nSPS) is 18.8. The van der Waals surface area contributed by atoms with Gasteiger partial charge >= 0.3 is 5.97 Å². The van der Waals surface area contributed by atoms with Gasteiger partial charge in [0.1, 0.15) is 5.65 Å². The van der Waals surface area contributed by atoms with Crippen LogP contribution in [0.15, 0.2) is 41.7 Å². The van der Waals surface area contributed by atoms with Gasteiger partial charge in [-0.25, -0.2) is 9.78 Å². The number of esters is 1. The minimum atomic E-state index is -0.702. The molecule has 0 spiro atoms. The van der Waals surface area contributed by atoms with Gasteiger partial charge in [0.15, 0.2) is 11.3 Å². The Morgan fingerprint density at radius 2 is 2.36 bits per heavy atom. The lowest BCUT2D eigenvalue weighted by Gasteiger charge is -2.07. The molecule has 0 amide bonds. The topological polar surface area (TPSA) is 93.3 Å². The number of methoxy groups -OCH3 is 1. The molecule has 2 aliphatic rings. The summed E-state index contributed by atoms with van der Waals surface area (Å²) in [7, 11) is 1.24. The lowest BCUT2D eigenvalue weighted by atomic mass is 10.1. The Balaban J connectivity index is 1.65. The molecule has 0 saturated heterocycles. The van der Waals surface area contributed by atoms with E-state index in [4.69, 9.17) is 9.47 Å². The molecular formula is C18H17N3O4. The highest BCUT2D eigenvalue weighted by Gasteiger charge is 2.37. The first kappa shape index (κ1) is 15.4. The van der Waals surface area contributed by atoms with Gasteiger partial charge in [-0.15, -0.1) is 0 Å². The molecular weight excluding hydrogens is 322 g/mol. The fourth-order valence-electron chi connectivity index (χ4n) is 2.74. The Bertz CT molecular complexity index is 921. The number of aromatic amines is 1. The van der Waals surface area contributed by atoms with Crippen LogP contribution in [0.3, 0.4) is 0 Å². The van der Waals surface area contributed by atoms with Crippen molar-refractivity contribution in [1.82, 2.24) is 15.3 Å². The Hall–Kier alpha value is -3.09. The van der Waals surface area contributed by atoms with Crippen LogP contribution in [-0.4, -0.2) is 35.4 Å². The van der Waals surface area contributed by atoms with Gasteiger partial charge in [-0.2, -0.15) is 0 Å². The zero-order valence-corrected chi connectivity index (χ0v) is 13.7. The van der Waals surface area contributed by atoms with Crippen LogP contribution in [-0.2, 0) is 19.1 Å². The van der Waals surface area contributed by atoms with Crippen molar-refractivity contribution in [2.24, 2.45) is 5.92 Å². The zero-order chi connectivity index (χ0) is 17.4. The number of carbonyl (C=O) groups is 2. The standard InChI is InChI=1S/C18H17N3O4/c1-24-18(23)14-15(22)13(25-17(14)21-8-10-4-5-10)7-11-9-20-16-12(11)3-2-6-19-16/h2-3,6-7,9-10,21H,4-5,8H2,1H3,(H,19,20). The number of allylic oxidation sites excluding steroid dienone is 1. The second kappa shape index (κ2) is 6.08. The SMILES string of the molecule is COC(=O)C1=C(NCC2CC2)OC(=Cc2c[nH]c3ncccc23)C1=O. The third-order valence-corrected chi connectivity index (χ3v) is 4.30. The number of nitrogens with one attached hydrogen (secondary N) is 2. The van der Waals surface area contributed by atoms with Crippen molar-refractivity contribution in [3.8, 4) is 0 Å². The van der Waals surface area contributed by atoms with Crippen molar-refractivity contribution < 1.29 is 19.1 Å². The van der Waals surface area contributed by atoms with Gasteiger partial charge in [-0.3, -0.25) is 4.79 Å². The molecule has 1 aliphatic carbocycles. The summed E-state index contributed by atoms with van der Waals surface area (Å²) in [6.07, 6.45) is 7.33. The number of ether oxygens (including phenoxy) is 2. The molecule has 2 aromatic heterocycles. The maximum absolute atomic E-state index is 12.6. The van der Waals surface area contributed by atoms with Gasteiger partial charge in [-0.05, 0) is 37.0 Å². The van der Waals surface area contributed by atoms with Gasteiger partial charge in [-0.1, -0.05) is 0 Å². The van der Waals surface area contributed by atoms with Crippen LogP contribution in [0.1, 0.15) is 18.4 Å². The number of H-pyrrole nitrogens is 1. The van der Waals surface area contributed by atoms with Crippen molar-refractivity contribution in [2.45, 2.75) is 12.8 Å². The molecule has 1 saturated carbocycles.